The molecule has 0 radical (unpaired) electrons. The molecule has 2 saturated heterocycles. The number of piperazine rings is 1. The molecule has 172 valence electrons. The molecule has 0 aliphatic carbocycles. The number of carbonyl (C=O) groups is 1. The number of carbonyl (C=O) groups excluding carboxylic acids is 1. The number of hydrogen-bond donors (Lipinski definition) is 0. The third kappa shape index (κ3) is 4.91. The Labute approximate surface area is 201 Å². The van der Waals surface area contributed by atoms with Crippen LogP contribution in [0.15, 0.2) is 48.0 Å². The van der Waals surface area contributed by atoms with Crippen molar-refractivity contribution in [1.29, 1.82) is 0 Å². The van der Waals surface area contributed by atoms with Gasteiger partial charge < -0.3 is 14.7 Å². The van der Waals surface area contributed by atoms with Gasteiger partial charge in [-0.1, -0.05) is 29.4 Å². The quantitative estimate of drug-likeness (QED) is 0.494. The van der Waals surface area contributed by atoms with E-state index in [4.69, 9.17) is 11.6 Å². The van der Waals surface area contributed by atoms with Crippen molar-refractivity contribution in [2.75, 3.05) is 54.8 Å². The smallest absolute Gasteiger partial charge is 0.233 e. The monoisotopic (exact) mass is 484 g/mol. The molecule has 0 saturated carbocycles. The lowest BCUT2D eigenvalue weighted by Crippen LogP contribution is -2.49. The molecule has 11 heteroatoms. The number of nitrogens with zero attached hydrogens (tertiary/aromatic N) is 8. The minimum absolute atomic E-state index is 0.0992. The Kier molecular flexibility index (Phi) is 6.63. The van der Waals surface area contributed by atoms with Crippen LogP contribution in [-0.2, 0) is 4.79 Å². The van der Waals surface area contributed by atoms with E-state index in [0.717, 1.165) is 56.5 Å². The second-order valence-electron chi connectivity index (χ2n) is 8.01. The molecule has 1 amide bonds. The summed E-state index contributed by atoms with van der Waals surface area (Å²) in [5.41, 5.74) is 0.905. The highest BCUT2D eigenvalue weighted by molar-refractivity contribution is 7.99. The van der Waals surface area contributed by atoms with Crippen molar-refractivity contribution in [1.82, 2.24) is 29.6 Å². The lowest BCUT2D eigenvalue weighted by molar-refractivity contribution is -0.128. The Hall–Kier alpha value is -2.85. The minimum atomic E-state index is 0.0992. The molecule has 0 N–H and O–H groups in total. The zero-order valence-corrected chi connectivity index (χ0v) is 19.8. The van der Waals surface area contributed by atoms with Crippen LogP contribution in [0.2, 0.25) is 5.02 Å². The van der Waals surface area contributed by atoms with E-state index in [-0.39, 0.29) is 5.91 Å². The van der Waals surface area contributed by atoms with E-state index in [9.17, 15) is 4.79 Å². The number of halogens is 1. The Balaban J connectivity index is 1.26. The average molecular weight is 485 g/mol. The number of benzene rings is 1. The fourth-order valence-corrected chi connectivity index (χ4v) is 5.21. The maximum atomic E-state index is 12.9. The van der Waals surface area contributed by atoms with E-state index in [1.54, 1.807) is 18.6 Å². The van der Waals surface area contributed by atoms with Gasteiger partial charge >= 0.3 is 0 Å². The van der Waals surface area contributed by atoms with E-state index >= 15 is 0 Å². The molecule has 2 fully saturated rings. The summed E-state index contributed by atoms with van der Waals surface area (Å²) in [6.45, 7) is 4.72. The van der Waals surface area contributed by atoms with Gasteiger partial charge in [-0.05, 0) is 31.0 Å². The van der Waals surface area contributed by atoms with Gasteiger partial charge in [-0.3, -0.25) is 14.3 Å². The van der Waals surface area contributed by atoms with Crippen molar-refractivity contribution in [3.05, 3.63) is 47.9 Å². The van der Waals surface area contributed by atoms with Crippen molar-refractivity contribution in [3.8, 4) is 5.69 Å². The number of anilines is 2. The third-order valence-electron chi connectivity index (χ3n) is 5.90. The second kappa shape index (κ2) is 9.96. The van der Waals surface area contributed by atoms with E-state index in [1.807, 2.05) is 33.7 Å². The summed E-state index contributed by atoms with van der Waals surface area (Å²) in [7, 11) is 0. The van der Waals surface area contributed by atoms with Gasteiger partial charge in [0.25, 0.3) is 0 Å². The largest absolute Gasteiger partial charge is 0.352 e. The summed E-state index contributed by atoms with van der Waals surface area (Å²) in [4.78, 5) is 27.7. The molecule has 3 aromatic rings. The number of rotatable bonds is 6. The fourth-order valence-electron chi connectivity index (χ4n) is 4.18. The van der Waals surface area contributed by atoms with Crippen LogP contribution in [0.3, 0.4) is 0 Å². The van der Waals surface area contributed by atoms with E-state index in [2.05, 4.69) is 30.0 Å². The van der Waals surface area contributed by atoms with Gasteiger partial charge in [-0.25, -0.2) is 4.98 Å². The first-order chi connectivity index (χ1) is 16.2. The van der Waals surface area contributed by atoms with Crippen molar-refractivity contribution in [3.63, 3.8) is 0 Å². The maximum absolute atomic E-state index is 12.9. The van der Waals surface area contributed by atoms with Crippen LogP contribution in [-0.4, -0.2) is 80.6 Å². The predicted octanol–water partition coefficient (Wildman–Crippen LogP) is 2.75. The molecule has 0 atom stereocenters. The molecular weight excluding hydrogens is 460 g/mol. The van der Waals surface area contributed by atoms with Crippen LogP contribution in [0.5, 0.6) is 0 Å². The fraction of sp³-hybridized carbons (Fsp3) is 0.409. The average Bonchev–Trinajstić information content (AvgIpc) is 3.53. The van der Waals surface area contributed by atoms with Crippen molar-refractivity contribution < 1.29 is 4.79 Å². The molecule has 1 aromatic carbocycles. The molecule has 33 heavy (non-hydrogen) atoms. The standard InChI is InChI=1S/C22H25ClN8OS/c23-17-4-3-5-18(14-17)31-21(30-8-1-2-9-30)26-27-22(31)33-16-20(32)29-12-10-28(11-13-29)19-15-24-6-7-25-19/h3-7,14-15H,1-2,8-13,16H2. The molecule has 2 aromatic heterocycles. The number of aromatic nitrogens is 5. The number of amides is 1. The van der Waals surface area contributed by atoms with Crippen LogP contribution in [0.1, 0.15) is 12.8 Å². The van der Waals surface area contributed by atoms with E-state index < -0.39 is 0 Å². The summed E-state index contributed by atoms with van der Waals surface area (Å²) < 4.78 is 2.02. The van der Waals surface area contributed by atoms with Gasteiger partial charge in [-0.15, -0.1) is 10.2 Å². The molecule has 5 rings (SSSR count). The van der Waals surface area contributed by atoms with Crippen molar-refractivity contribution in [2.45, 2.75) is 18.0 Å². The molecule has 2 aliphatic rings. The summed E-state index contributed by atoms with van der Waals surface area (Å²) in [5.74, 6) is 2.07. The molecular formula is C22H25ClN8OS. The summed E-state index contributed by atoms with van der Waals surface area (Å²) in [6.07, 6.45) is 7.40. The van der Waals surface area contributed by atoms with E-state index in [0.29, 0.717) is 29.0 Å². The first-order valence-electron chi connectivity index (χ1n) is 11.1. The molecule has 2 aliphatic heterocycles. The Morgan fingerprint density at radius 3 is 2.55 bits per heavy atom. The Morgan fingerprint density at radius 1 is 1.00 bits per heavy atom. The minimum Gasteiger partial charge on any atom is -0.352 e. The SMILES string of the molecule is O=C(CSc1nnc(N2CCCC2)n1-c1cccc(Cl)c1)N1CCN(c2cnccn2)CC1. The third-order valence-corrected chi connectivity index (χ3v) is 7.05. The lowest BCUT2D eigenvalue weighted by atomic mass is 10.3. The second-order valence-corrected chi connectivity index (χ2v) is 9.39. The van der Waals surface area contributed by atoms with Gasteiger partial charge in [0.05, 0.1) is 17.6 Å². The zero-order chi connectivity index (χ0) is 22.6. The van der Waals surface area contributed by atoms with E-state index in [1.165, 1.54) is 11.8 Å². The van der Waals surface area contributed by atoms with Gasteiger partial charge in [-0.2, -0.15) is 0 Å². The van der Waals surface area contributed by atoms with Gasteiger partial charge in [0.1, 0.15) is 5.82 Å². The summed E-state index contributed by atoms with van der Waals surface area (Å²) >= 11 is 7.68. The lowest BCUT2D eigenvalue weighted by Gasteiger charge is -2.35. The summed E-state index contributed by atoms with van der Waals surface area (Å²) in [6, 6.07) is 7.66. The number of thioether (sulfide) groups is 1. The van der Waals surface area contributed by atoms with Gasteiger partial charge in [0.2, 0.25) is 11.9 Å². The van der Waals surface area contributed by atoms with Crippen molar-refractivity contribution >= 4 is 41.0 Å². The van der Waals surface area contributed by atoms with Gasteiger partial charge in [0, 0.05) is 56.7 Å². The predicted molar refractivity (Wildman–Crippen MR) is 129 cm³/mol. The first-order valence-corrected chi connectivity index (χ1v) is 12.4. The highest BCUT2D eigenvalue weighted by Crippen LogP contribution is 2.30. The van der Waals surface area contributed by atoms with Gasteiger partial charge in [0.15, 0.2) is 5.16 Å². The Morgan fingerprint density at radius 2 is 1.82 bits per heavy atom. The van der Waals surface area contributed by atoms with Crippen LogP contribution >= 0.6 is 23.4 Å². The summed E-state index contributed by atoms with van der Waals surface area (Å²) in [5, 5.41) is 10.3. The highest BCUT2D eigenvalue weighted by Gasteiger charge is 2.25. The van der Waals surface area contributed by atoms with Crippen LogP contribution in [0, 0.1) is 0 Å². The molecule has 9 nitrogen and oxygen atoms in total. The Bertz CT molecular complexity index is 1100. The maximum Gasteiger partial charge on any atom is 0.233 e. The zero-order valence-electron chi connectivity index (χ0n) is 18.2. The molecule has 0 unspecified atom stereocenters. The molecule has 0 bridgehead atoms. The van der Waals surface area contributed by atoms with Crippen LogP contribution in [0.4, 0.5) is 11.8 Å². The normalized spacial score (nSPS) is 16.5. The van der Waals surface area contributed by atoms with Crippen molar-refractivity contribution in [2.24, 2.45) is 0 Å². The topological polar surface area (TPSA) is 83.3 Å². The molecule has 4 heterocycles. The van der Waals surface area contributed by atoms with Crippen LogP contribution in [0.25, 0.3) is 5.69 Å². The number of hydrogen-bond acceptors (Lipinski definition) is 8. The van der Waals surface area contributed by atoms with Crippen LogP contribution < -0.4 is 9.80 Å². The highest BCUT2D eigenvalue weighted by atomic mass is 35.5. The molecule has 0 spiro atoms. The first kappa shape index (κ1) is 22.0.